The van der Waals surface area contributed by atoms with Gasteiger partial charge in [-0.1, -0.05) is 30.3 Å². The van der Waals surface area contributed by atoms with Crippen LogP contribution in [0.25, 0.3) is 0 Å². The molecule has 0 radical (unpaired) electrons. The maximum Gasteiger partial charge on any atom is 0.224 e. The summed E-state index contributed by atoms with van der Waals surface area (Å²) < 4.78 is 7.67. The fraction of sp³-hybridized carbons (Fsp3) is 0.500. The molecule has 0 saturated carbocycles. The van der Waals surface area contributed by atoms with Crippen LogP contribution in [0.15, 0.2) is 42.9 Å². The SMILES string of the molecule is O=C(N[C@H](C[C@@H]1CCOC1)c1ccccc1)[C@H]1CCn2cncc2C1. The molecule has 1 aromatic heterocycles. The maximum absolute atomic E-state index is 12.9. The van der Waals surface area contributed by atoms with E-state index in [1.807, 2.05) is 30.7 Å². The summed E-state index contributed by atoms with van der Waals surface area (Å²) in [6, 6.07) is 10.4. The lowest BCUT2D eigenvalue weighted by Gasteiger charge is -2.27. The van der Waals surface area contributed by atoms with Gasteiger partial charge in [-0.05, 0) is 30.7 Å². The highest BCUT2D eigenvalue weighted by Gasteiger charge is 2.28. The van der Waals surface area contributed by atoms with Gasteiger partial charge in [-0.2, -0.15) is 0 Å². The van der Waals surface area contributed by atoms with E-state index in [1.165, 1.54) is 5.56 Å². The van der Waals surface area contributed by atoms with Crippen molar-refractivity contribution < 1.29 is 9.53 Å². The van der Waals surface area contributed by atoms with E-state index >= 15 is 0 Å². The Kier molecular flexibility index (Phi) is 4.83. The molecule has 2 aliphatic rings. The minimum atomic E-state index is 0.0373. The summed E-state index contributed by atoms with van der Waals surface area (Å²) in [6.45, 7) is 2.52. The number of nitrogens with zero attached hydrogens (tertiary/aromatic N) is 2. The molecule has 1 fully saturated rings. The van der Waals surface area contributed by atoms with Crippen LogP contribution in [0.2, 0.25) is 0 Å². The largest absolute Gasteiger partial charge is 0.381 e. The van der Waals surface area contributed by atoms with Crippen LogP contribution in [0.4, 0.5) is 0 Å². The Morgan fingerprint density at radius 3 is 3.00 bits per heavy atom. The zero-order valence-electron chi connectivity index (χ0n) is 14.4. The second-order valence-corrected chi connectivity index (χ2v) is 7.21. The highest BCUT2D eigenvalue weighted by atomic mass is 16.5. The quantitative estimate of drug-likeness (QED) is 0.911. The standard InChI is InChI=1S/C20H25N3O2/c24-20(17-6-8-23-14-21-12-18(23)11-17)22-19(10-15-7-9-25-13-15)16-4-2-1-3-5-16/h1-5,12,14-15,17,19H,6-11,13H2,(H,22,24)/t15-,17-,19+/m0/s1. The van der Waals surface area contributed by atoms with Gasteiger partial charge in [-0.25, -0.2) is 4.98 Å². The van der Waals surface area contributed by atoms with Gasteiger partial charge in [0.05, 0.1) is 12.4 Å². The molecule has 1 saturated heterocycles. The first-order chi connectivity index (χ1) is 12.3. The fourth-order valence-electron chi connectivity index (χ4n) is 3.95. The topological polar surface area (TPSA) is 56.1 Å². The summed E-state index contributed by atoms with van der Waals surface area (Å²) in [5.41, 5.74) is 2.34. The van der Waals surface area contributed by atoms with Crippen LogP contribution in [0, 0.1) is 11.8 Å². The van der Waals surface area contributed by atoms with Crippen molar-refractivity contribution in [3.05, 3.63) is 54.1 Å². The van der Waals surface area contributed by atoms with Crippen LogP contribution in [-0.2, 0) is 22.5 Å². The Hall–Kier alpha value is -2.14. The zero-order valence-corrected chi connectivity index (χ0v) is 14.4. The van der Waals surface area contributed by atoms with Crippen LogP contribution in [-0.4, -0.2) is 28.7 Å². The fourth-order valence-corrected chi connectivity index (χ4v) is 3.95. The lowest BCUT2D eigenvalue weighted by Crippen LogP contribution is -2.38. The van der Waals surface area contributed by atoms with Crippen molar-refractivity contribution in [1.82, 2.24) is 14.9 Å². The number of imidazole rings is 1. The molecule has 0 aliphatic carbocycles. The van der Waals surface area contributed by atoms with Crippen molar-refractivity contribution in [2.75, 3.05) is 13.2 Å². The van der Waals surface area contributed by atoms with E-state index in [-0.39, 0.29) is 17.9 Å². The molecular weight excluding hydrogens is 314 g/mol. The van der Waals surface area contributed by atoms with Gasteiger partial charge >= 0.3 is 0 Å². The molecule has 4 rings (SSSR count). The number of nitrogens with one attached hydrogen (secondary N) is 1. The smallest absolute Gasteiger partial charge is 0.224 e. The molecule has 0 bridgehead atoms. The molecule has 2 aliphatic heterocycles. The minimum absolute atomic E-state index is 0.0373. The van der Waals surface area contributed by atoms with Gasteiger partial charge in [-0.15, -0.1) is 0 Å². The molecular formula is C20H25N3O2. The maximum atomic E-state index is 12.9. The first-order valence-corrected chi connectivity index (χ1v) is 9.21. The van der Waals surface area contributed by atoms with E-state index in [0.29, 0.717) is 5.92 Å². The molecule has 3 heterocycles. The summed E-state index contributed by atoms with van der Waals surface area (Å²) in [5.74, 6) is 0.730. The third-order valence-electron chi connectivity index (χ3n) is 5.45. The van der Waals surface area contributed by atoms with Gasteiger partial charge in [0.1, 0.15) is 0 Å². The summed E-state index contributed by atoms with van der Waals surface area (Å²) in [6.07, 6.45) is 7.42. The van der Waals surface area contributed by atoms with E-state index in [9.17, 15) is 4.79 Å². The van der Waals surface area contributed by atoms with Crippen LogP contribution in [0.1, 0.15) is 36.6 Å². The van der Waals surface area contributed by atoms with Crippen LogP contribution in [0.5, 0.6) is 0 Å². The normalized spacial score (nSPS) is 23.8. The van der Waals surface area contributed by atoms with Gasteiger partial charge in [-0.3, -0.25) is 4.79 Å². The first-order valence-electron chi connectivity index (χ1n) is 9.21. The summed E-state index contributed by atoms with van der Waals surface area (Å²) in [4.78, 5) is 17.1. The Morgan fingerprint density at radius 1 is 1.32 bits per heavy atom. The average molecular weight is 339 g/mol. The Balaban J connectivity index is 1.45. The highest BCUT2D eigenvalue weighted by Crippen LogP contribution is 2.28. The number of amides is 1. The number of carbonyl (C=O) groups is 1. The van der Waals surface area contributed by atoms with E-state index in [2.05, 4.69) is 27.0 Å². The molecule has 1 aromatic carbocycles. The van der Waals surface area contributed by atoms with Gasteiger partial charge < -0.3 is 14.6 Å². The second-order valence-electron chi connectivity index (χ2n) is 7.21. The molecule has 1 amide bonds. The van der Waals surface area contributed by atoms with Gasteiger partial charge in [0.15, 0.2) is 0 Å². The number of benzene rings is 1. The third-order valence-corrected chi connectivity index (χ3v) is 5.45. The Labute approximate surface area is 148 Å². The first kappa shape index (κ1) is 16.3. The third kappa shape index (κ3) is 3.76. The molecule has 3 atom stereocenters. The summed E-state index contributed by atoms with van der Waals surface area (Å²) in [5, 5.41) is 3.33. The molecule has 5 heteroatoms. The number of hydrogen-bond donors (Lipinski definition) is 1. The number of carbonyl (C=O) groups excluding carboxylic acids is 1. The number of aromatic nitrogens is 2. The number of aryl methyl sites for hydroxylation is 1. The van der Waals surface area contributed by atoms with Crippen LogP contribution in [0.3, 0.4) is 0 Å². The minimum Gasteiger partial charge on any atom is -0.381 e. The van der Waals surface area contributed by atoms with E-state index in [4.69, 9.17) is 4.74 Å². The lowest BCUT2D eigenvalue weighted by molar-refractivity contribution is -0.126. The lowest BCUT2D eigenvalue weighted by atomic mass is 9.91. The second kappa shape index (κ2) is 7.40. The van der Waals surface area contributed by atoms with Crippen LogP contribution < -0.4 is 5.32 Å². The average Bonchev–Trinajstić information content (AvgIpc) is 3.32. The molecule has 2 aromatic rings. The monoisotopic (exact) mass is 339 g/mol. The highest BCUT2D eigenvalue weighted by molar-refractivity contribution is 5.79. The number of rotatable bonds is 5. The Bertz CT molecular complexity index is 707. The summed E-state index contributed by atoms with van der Waals surface area (Å²) in [7, 11) is 0. The van der Waals surface area contributed by atoms with Gasteiger partial charge in [0.2, 0.25) is 5.91 Å². The van der Waals surface area contributed by atoms with Gasteiger partial charge in [0.25, 0.3) is 0 Å². The zero-order chi connectivity index (χ0) is 17.1. The number of hydrogen-bond acceptors (Lipinski definition) is 3. The van der Waals surface area contributed by atoms with Crippen LogP contribution >= 0.6 is 0 Å². The van der Waals surface area contributed by atoms with Crippen molar-refractivity contribution in [1.29, 1.82) is 0 Å². The van der Waals surface area contributed by atoms with Crippen molar-refractivity contribution in [3.8, 4) is 0 Å². The number of fused-ring (bicyclic) bond motifs is 1. The molecule has 0 unspecified atom stereocenters. The van der Waals surface area contributed by atoms with Crippen molar-refractivity contribution in [3.63, 3.8) is 0 Å². The molecule has 25 heavy (non-hydrogen) atoms. The summed E-state index contributed by atoms with van der Waals surface area (Å²) >= 11 is 0. The predicted octanol–water partition coefficient (Wildman–Crippen LogP) is 2.73. The van der Waals surface area contributed by atoms with Crippen molar-refractivity contribution in [2.24, 2.45) is 11.8 Å². The van der Waals surface area contributed by atoms with Crippen molar-refractivity contribution >= 4 is 5.91 Å². The van der Waals surface area contributed by atoms with Gasteiger partial charge in [0, 0.05) is 44.0 Å². The molecule has 132 valence electrons. The van der Waals surface area contributed by atoms with E-state index < -0.39 is 0 Å². The van der Waals surface area contributed by atoms with E-state index in [0.717, 1.165) is 51.1 Å². The molecule has 0 spiro atoms. The van der Waals surface area contributed by atoms with Crippen molar-refractivity contribution in [2.45, 2.75) is 38.3 Å². The van der Waals surface area contributed by atoms with E-state index in [1.54, 1.807) is 0 Å². The predicted molar refractivity (Wildman–Crippen MR) is 94.9 cm³/mol. The number of ether oxygens (including phenoxy) is 1. The molecule has 5 nitrogen and oxygen atoms in total. The Morgan fingerprint density at radius 2 is 2.20 bits per heavy atom. The molecule has 1 N–H and O–H groups in total.